The fourth-order valence-electron chi connectivity index (χ4n) is 3.56. The zero-order chi connectivity index (χ0) is 20.6. The molecular weight excluding hydrogens is 435 g/mol. The molecule has 2 aliphatic rings. The summed E-state index contributed by atoms with van der Waals surface area (Å²) in [5.41, 5.74) is 1.52. The highest BCUT2D eigenvalue weighted by atomic mass is 35.5. The van der Waals surface area contributed by atoms with Crippen LogP contribution in [0.1, 0.15) is 11.1 Å². The molecule has 1 amide bonds. The summed E-state index contributed by atoms with van der Waals surface area (Å²) in [6, 6.07) is 12.9. The summed E-state index contributed by atoms with van der Waals surface area (Å²) in [5, 5.41) is 0.856. The van der Waals surface area contributed by atoms with Gasteiger partial charge in [0.25, 0.3) is 5.91 Å². The minimum Gasteiger partial charge on any atom is -0.342 e. The number of carbonyl (C=O) groups excluding carboxylic acids is 1. The zero-order valence-corrected chi connectivity index (χ0v) is 17.7. The second-order valence-electron chi connectivity index (χ2n) is 7.11. The van der Waals surface area contributed by atoms with Gasteiger partial charge >= 0.3 is 0 Å². The van der Waals surface area contributed by atoms with Crippen molar-refractivity contribution >= 4 is 44.3 Å². The first kappa shape index (κ1) is 20.4. The van der Waals surface area contributed by atoms with Gasteiger partial charge in [-0.25, -0.2) is 12.8 Å². The Balaban J connectivity index is 1.58. The predicted octanol–water partition coefficient (Wildman–Crippen LogP) is 3.32. The Morgan fingerprint density at radius 1 is 1.17 bits per heavy atom. The molecule has 2 fully saturated rings. The van der Waals surface area contributed by atoms with Gasteiger partial charge in [-0.1, -0.05) is 53.7 Å². The van der Waals surface area contributed by atoms with Gasteiger partial charge in [-0.05, 0) is 29.3 Å². The molecule has 2 aromatic rings. The van der Waals surface area contributed by atoms with E-state index in [4.69, 9.17) is 11.6 Å². The highest BCUT2D eigenvalue weighted by Crippen LogP contribution is 2.39. The average Bonchev–Trinajstić information content (AvgIpc) is 3.11. The van der Waals surface area contributed by atoms with Crippen LogP contribution in [0.25, 0.3) is 0 Å². The highest BCUT2D eigenvalue weighted by Gasteiger charge is 2.48. The van der Waals surface area contributed by atoms with Gasteiger partial charge in [0, 0.05) is 16.8 Å². The molecule has 5 nitrogen and oxygen atoms in total. The number of amidine groups is 1. The molecule has 0 N–H and O–H groups in total. The molecule has 29 heavy (non-hydrogen) atoms. The fraction of sp³-hybridized carbons (Fsp3) is 0.300. The molecule has 152 valence electrons. The van der Waals surface area contributed by atoms with E-state index in [0.29, 0.717) is 22.3 Å². The minimum atomic E-state index is -3.12. The van der Waals surface area contributed by atoms with Crippen LogP contribution in [-0.2, 0) is 27.6 Å². The smallest absolute Gasteiger partial charge is 0.252 e. The first-order valence-electron chi connectivity index (χ1n) is 9.04. The molecule has 2 aromatic carbocycles. The van der Waals surface area contributed by atoms with Gasteiger partial charge in [-0.3, -0.25) is 4.79 Å². The first-order valence-corrected chi connectivity index (χ1v) is 12.1. The summed E-state index contributed by atoms with van der Waals surface area (Å²) < 4.78 is 37.4. The maximum absolute atomic E-state index is 13.2. The number of hydrogen-bond donors (Lipinski definition) is 0. The van der Waals surface area contributed by atoms with Crippen molar-refractivity contribution in [3.05, 3.63) is 70.5 Å². The van der Waals surface area contributed by atoms with E-state index in [9.17, 15) is 17.6 Å². The Labute approximate surface area is 177 Å². The standard InChI is InChI=1S/C20H18ClFN2O3S2/c21-16-4-2-1-3-14(16)9-19(25)23-20-24(10-13-5-7-15(22)8-6-13)17-11-29(26,27)12-18(17)28-20/h1-8,17-18H,9-12H2/t17-,18+/m0/s1. The van der Waals surface area contributed by atoms with Crippen LogP contribution in [0.5, 0.6) is 0 Å². The third kappa shape index (κ3) is 4.65. The van der Waals surface area contributed by atoms with Crippen molar-refractivity contribution in [2.75, 3.05) is 11.5 Å². The van der Waals surface area contributed by atoms with Gasteiger partial charge in [0.2, 0.25) is 0 Å². The Morgan fingerprint density at radius 2 is 1.90 bits per heavy atom. The van der Waals surface area contributed by atoms with Gasteiger partial charge in [0.15, 0.2) is 15.0 Å². The summed E-state index contributed by atoms with van der Waals surface area (Å²) in [6.07, 6.45) is 0.0712. The number of sulfone groups is 1. The molecule has 0 aromatic heterocycles. The number of nitrogens with zero attached hydrogens (tertiary/aromatic N) is 2. The molecule has 4 rings (SSSR count). The molecule has 0 unspecified atom stereocenters. The average molecular weight is 453 g/mol. The molecule has 2 aliphatic heterocycles. The van der Waals surface area contributed by atoms with E-state index >= 15 is 0 Å². The molecule has 9 heteroatoms. The summed E-state index contributed by atoms with van der Waals surface area (Å²) in [5.74, 6) is -0.578. The Bertz CT molecular complexity index is 1070. The normalized spacial score (nSPS) is 24.1. The van der Waals surface area contributed by atoms with Crippen molar-refractivity contribution in [2.45, 2.75) is 24.3 Å². The van der Waals surface area contributed by atoms with E-state index in [2.05, 4.69) is 4.99 Å². The summed E-state index contributed by atoms with van der Waals surface area (Å²) >= 11 is 7.46. The highest BCUT2D eigenvalue weighted by molar-refractivity contribution is 8.15. The van der Waals surface area contributed by atoms with Crippen LogP contribution in [0.2, 0.25) is 5.02 Å². The maximum atomic E-state index is 13.2. The zero-order valence-electron chi connectivity index (χ0n) is 15.3. The van der Waals surface area contributed by atoms with Crippen molar-refractivity contribution in [1.29, 1.82) is 0 Å². The number of benzene rings is 2. The number of thioether (sulfide) groups is 1. The lowest BCUT2D eigenvalue weighted by Gasteiger charge is -2.24. The van der Waals surface area contributed by atoms with Gasteiger partial charge in [0.1, 0.15) is 5.82 Å². The Kier molecular flexibility index (Phi) is 5.68. The van der Waals surface area contributed by atoms with E-state index in [-0.39, 0.29) is 40.9 Å². The van der Waals surface area contributed by atoms with E-state index in [1.165, 1.54) is 23.9 Å². The number of hydrogen-bond acceptors (Lipinski definition) is 4. The number of carbonyl (C=O) groups is 1. The van der Waals surface area contributed by atoms with Crippen molar-refractivity contribution in [2.24, 2.45) is 4.99 Å². The third-order valence-electron chi connectivity index (χ3n) is 4.96. The SMILES string of the molecule is O=C(Cc1ccccc1Cl)N=C1S[C@@H]2CS(=O)(=O)C[C@@H]2N1Cc1ccc(F)cc1. The molecule has 2 saturated heterocycles. The lowest BCUT2D eigenvalue weighted by Crippen LogP contribution is -2.37. The molecule has 0 bridgehead atoms. The van der Waals surface area contributed by atoms with Crippen LogP contribution in [0.3, 0.4) is 0 Å². The van der Waals surface area contributed by atoms with Crippen LogP contribution in [0.15, 0.2) is 53.5 Å². The number of halogens is 2. The van der Waals surface area contributed by atoms with Crippen molar-refractivity contribution in [3.63, 3.8) is 0 Å². The summed E-state index contributed by atoms with van der Waals surface area (Å²) in [6.45, 7) is 0.363. The topological polar surface area (TPSA) is 66.8 Å². The maximum Gasteiger partial charge on any atom is 0.252 e. The molecular formula is C20H18ClFN2O3S2. The third-order valence-corrected chi connectivity index (χ3v) is 8.58. The van der Waals surface area contributed by atoms with Gasteiger partial charge in [0.05, 0.1) is 24.0 Å². The predicted molar refractivity (Wildman–Crippen MR) is 113 cm³/mol. The fourth-order valence-corrected chi connectivity index (χ4v) is 7.73. The molecule has 0 radical (unpaired) electrons. The van der Waals surface area contributed by atoms with Gasteiger partial charge in [-0.2, -0.15) is 4.99 Å². The Morgan fingerprint density at radius 3 is 2.62 bits per heavy atom. The number of rotatable bonds is 4. The second kappa shape index (κ2) is 8.08. The largest absolute Gasteiger partial charge is 0.342 e. The first-order chi connectivity index (χ1) is 13.8. The summed E-state index contributed by atoms with van der Waals surface area (Å²) in [7, 11) is -3.12. The van der Waals surface area contributed by atoms with Crippen molar-refractivity contribution in [3.8, 4) is 0 Å². The second-order valence-corrected chi connectivity index (χ2v) is 10.9. The lowest BCUT2D eigenvalue weighted by atomic mass is 10.1. The molecule has 0 saturated carbocycles. The summed E-state index contributed by atoms with van der Waals surface area (Å²) in [4.78, 5) is 18.7. The van der Waals surface area contributed by atoms with E-state index in [0.717, 1.165) is 5.56 Å². The number of amides is 1. The quantitative estimate of drug-likeness (QED) is 0.712. The van der Waals surface area contributed by atoms with Crippen LogP contribution < -0.4 is 0 Å². The van der Waals surface area contributed by atoms with E-state index in [1.807, 2.05) is 11.0 Å². The van der Waals surface area contributed by atoms with Crippen LogP contribution in [-0.4, -0.2) is 47.2 Å². The molecule has 2 heterocycles. The molecule has 0 aliphatic carbocycles. The van der Waals surface area contributed by atoms with E-state index in [1.54, 1.807) is 30.3 Å². The van der Waals surface area contributed by atoms with Crippen LogP contribution in [0, 0.1) is 5.82 Å². The van der Waals surface area contributed by atoms with E-state index < -0.39 is 9.84 Å². The monoisotopic (exact) mass is 452 g/mol. The number of aliphatic imine (C=N–C) groups is 1. The minimum absolute atomic E-state index is 0.0313. The Hall–Kier alpha value is -1.90. The van der Waals surface area contributed by atoms with Gasteiger partial charge < -0.3 is 4.90 Å². The van der Waals surface area contributed by atoms with Crippen LogP contribution in [0.4, 0.5) is 4.39 Å². The van der Waals surface area contributed by atoms with Crippen molar-refractivity contribution in [1.82, 2.24) is 4.90 Å². The number of fused-ring (bicyclic) bond motifs is 1. The lowest BCUT2D eigenvalue weighted by molar-refractivity contribution is -0.117. The molecule has 2 atom stereocenters. The van der Waals surface area contributed by atoms with Gasteiger partial charge in [-0.15, -0.1) is 0 Å². The molecule has 0 spiro atoms. The van der Waals surface area contributed by atoms with Crippen molar-refractivity contribution < 1.29 is 17.6 Å². The van der Waals surface area contributed by atoms with Crippen LogP contribution >= 0.6 is 23.4 Å².